The molecule has 0 saturated carbocycles. The first-order valence-electron chi connectivity index (χ1n) is 6.29. The summed E-state index contributed by atoms with van der Waals surface area (Å²) in [5.41, 5.74) is 0. The number of hydrogen-bond donors (Lipinski definition) is 0. The van der Waals surface area contributed by atoms with E-state index in [1.165, 1.54) is 7.11 Å². The number of morpholine rings is 1. The summed E-state index contributed by atoms with van der Waals surface area (Å²) in [7, 11) is 1.32. The molecule has 2 heterocycles. The van der Waals surface area contributed by atoms with E-state index < -0.39 is 12.0 Å². The van der Waals surface area contributed by atoms with Crippen LogP contribution in [0.1, 0.15) is 19.3 Å². The van der Waals surface area contributed by atoms with Crippen LogP contribution in [0.25, 0.3) is 0 Å². The molecule has 102 valence electrons. The third kappa shape index (κ3) is 3.00. The molecule has 0 spiro atoms. The maximum absolute atomic E-state index is 12.2. The van der Waals surface area contributed by atoms with Crippen molar-refractivity contribution < 1.29 is 23.8 Å². The molecule has 0 aliphatic carbocycles. The van der Waals surface area contributed by atoms with Gasteiger partial charge in [0.15, 0.2) is 6.04 Å². The molecular weight excluding hydrogens is 238 g/mol. The van der Waals surface area contributed by atoms with Gasteiger partial charge in [0.25, 0.3) is 0 Å². The third-order valence-corrected chi connectivity index (χ3v) is 3.35. The summed E-state index contributed by atoms with van der Waals surface area (Å²) in [5.74, 6) is -0.476. The van der Waals surface area contributed by atoms with E-state index in [0.717, 1.165) is 19.4 Å². The maximum atomic E-state index is 12.2. The Morgan fingerprint density at radius 1 is 1.39 bits per heavy atom. The van der Waals surface area contributed by atoms with Gasteiger partial charge in [-0.3, -0.25) is 4.79 Å². The highest BCUT2D eigenvalue weighted by Gasteiger charge is 2.34. The second-order valence-electron chi connectivity index (χ2n) is 4.54. The predicted octanol–water partition coefficient (Wildman–Crippen LogP) is -0.0441. The number of carbonyl (C=O) groups excluding carboxylic acids is 2. The van der Waals surface area contributed by atoms with Crippen LogP contribution in [0, 0.1) is 0 Å². The highest BCUT2D eigenvalue weighted by molar-refractivity contribution is 5.85. The van der Waals surface area contributed by atoms with Crippen LogP contribution >= 0.6 is 0 Å². The second kappa shape index (κ2) is 6.15. The minimum Gasteiger partial charge on any atom is -0.467 e. The summed E-state index contributed by atoms with van der Waals surface area (Å²) >= 11 is 0. The molecule has 0 aromatic carbocycles. The van der Waals surface area contributed by atoms with E-state index >= 15 is 0 Å². The van der Waals surface area contributed by atoms with E-state index in [9.17, 15) is 9.59 Å². The number of esters is 1. The zero-order valence-corrected chi connectivity index (χ0v) is 10.6. The quantitative estimate of drug-likeness (QED) is 0.664. The van der Waals surface area contributed by atoms with Crippen molar-refractivity contribution in [2.24, 2.45) is 0 Å². The number of methoxy groups -OCH3 is 1. The van der Waals surface area contributed by atoms with Crippen molar-refractivity contribution in [1.29, 1.82) is 0 Å². The molecule has 2 saturated heterocycles. The van der Waals surface area contributed by atoms with Gasteiger partial charge in [0.1, 0.15) is 0 Å². The van der Waals surface area contributed by atoms with Crippen molar-refractivity contribution >= 4 is 11.9 Å². The average molecular weight is 257 g/mol. The van der Waals surface area contributed by atoms with Crippen LogP contribution in [0.3, 0.4) is 0 Å². The number of rotatable bonds is 3. The van der Waals surface area contributed by atoms with Crippen LogP contribution in [0.2, 0.25) is 0 Å². The van der Waals surface area contributed by atoms with Crippen LogP contribution in [0.15, 0.2) is 0 Å². The summed E-state index contributed by atoms with van der Waals surface area (Å²) in [6.45, 7) is 1.83. The van der Waals surface area contributed by atoms with Crippen LogP contribution in [-0.4, -0.2) is 62.4 Å². The first-order chi connectivity index (χ1) is 8.72. The summed E-state index contributed by atoms with van der Waals surface area (Å²) < 4.78 is 15.4. The van der Waals surface area contributed by atoms with E-state index in [4.69, 9.17) is 14.2 Å². The van der Waals surface area contributed by atoms with Crippen molar-refractivity contribution in [2.75, 3.05) is 33.5 Å². The smallest absolute Gasteiger partial charge is 0.331 e. The van der Waals surface area contributed by atoms with Gasteiger partial charge >= 0.3 is 5.97 Å². The number of amides is 1. The molecule has 18 heavy (non-hydrogen) atoms. The van der Waals surface area contributed by atoms with Crippen molar-refractivity contribution in [3.05, 3.63) is 0 Å². The Bertz CT molecular complexity index is 314. The first kappa shape index (κ1) is 13.3. The Morgan fingerprint density at radius 3 is 2.89 bits per heavy atom. The standard InChI is InChI=1S/C12H19NO5/c1-16-12(15)10-8-17-6-4-13(10)11(14)7-9-3-2-5-18-9/h9-10H,2-8H2,1H3. The van der Waals surface area contributed by atoms with Crippen LogP contribution < -0.4 is 0 Å². The van der Waals surface area contributed by atoms with Crippen molar-refractivity contribution in [2.45, 2.75) is 31.4 Å². The molecule has 0 bridgehead atoms. The van der Waals surface area contributed by atoms with Crippen LogP contribution in [-0.2, 0) is 23.8 Å². The van der Waals surface area contributed by atoms with E-state index in [0.29, 0.717) is 19.6 Å². The van der Waals surface area contributed by atoms with Gasteiger partial charge in [0.2, 0.25) is 5.91 Å². The fourth-order valence-electron chi connectivity index (χ4n) is 2.35. The van der Waals surface area contributed by atoms with E-state index in [-0.39, 0.29) is 18.6 Å². The van der Waals surface area contributed by atoms with E-state index in [2.05, 4.69) is 0 Å². The zero-order valence-electron chi connectivity index (χ0n) is 10.6. The molecular formula is C12H19NO5. The maximum Gasteiger partial charge on any atom is 0.331 e. The molecule has 0 aromatic heterocycles. The molecule has 2 aliphatic rings. The normalized spacial score (nSPS) is 28.2. The van der Waals surface area contributed by atoms with Crippen molar-refractivity contribution in [3.8, 4) is 0 Å². The van der Waals surface area contributed by atoms with Gasteiger partial charge in [-0.25, -0.2) is 4.79 Å². The SMILES string of the molecule is COC(=O)C1COCCN1C(=O)CC1CCCO1. The van der Waals surface area contributed by atoms with Gasteiger partial charge < -0.3 is 19.1 Å². The highest BCUT2D eigenvalue weighted by Crippen LogP contribution is 2.18. The molecule has 6 heteroatoms. The van der Waals surface area contributed by atoms with E-state index in [1.807, 2.05) is 0 Å². The minimum absolute atomic E-state index is 0.00126. The highest BCUT2D eigenvalue weighted by atomic mass is 16.5. The molecule has 0 N–H and O–H groups in total. The lowest BCUT2D eigenvalue weighted by Crippen LogP contribution is -2.53. The summed E-state index contributed by atoms with van der Waals surface area (Å²) in [5, 5.41) is 0. The Hall–Kier alpha value is -1.14. The lowest BCUT2D eigenvalue weighted by molar-refractivity contribution is -0.161. The molecule has 2 rings (SSSR count). The fourth-order valence-corrected chi connectivity index (χ4v) is 2.35. The lowest BCUT2D eigenvalue weighted by Gasteiger charge is -2.34. The second-order valence-corrected chi connectivity index (χ2v) is 4.54. The predicted molar refractivity (Wildman–Crippen MR) is 61.9 cm³/mol. The lowest BCUT2D eigenvalue weighted by atomic mass is 10.1. The molecule has 2 aliphatic heterocycles. The summed E-state index contributed by atoms with van der Waals surface area (Å²) in [4.78, 5) is 25.3. The zero-order chi connectivity index (χ0) is 13.0. The Kier molecular flexibility index (Phi) is 4.54. The average Bonchev–Trinajstić information content (AvgIpc) is 2.90. The fraction of sp³-hybridized carbons (Fsp3) is 0.833. The van der Waals surface area contributed by atoms with Gasteiger partial charge in [-0.2, -0.15) is 0 Å². The number of ether oxygens (including phenoxy) is 3. The Morgan fingerprint density at radius 2 is 2.22 bits per heavy atom. The number of hydrogen-bond acceptors (Lipinski definition) is 5. The molecule has 0 aromatic rings. The largest absolute Gasteiger partial charge is 0.467 e. The van der Waals surface area contributed by atoms with Gasteiger partial charge in [0, 0.05) is 13.2 Å². The van der Waals surface area contributed by atoms with Gasteiger partial charge in [-0.15, -0.1) is 0 Å². The molecule has 2 fully saturated rings. The number of nitrogens with zero attached hydrogens (tertiary/aromatic N) is 1. The van der Waals surface area contributed by atoms with Crippen molar-refractivity contribution in [3.63, 3.8) is 0 Å². The number of carbonyl (C=O) groups is 2. The van der Waals surface area contributed by atoms with E-state index in [1.54, 1.807) is 4.90 Å². The molecule has 6 nitrogen and oxygen atoms in total. The minimum atomic E-state index is -0.613. The topological polar surface area (TPSA) is 65.1 Å². The summed E-state index contributed by atoms with van der Waals surface area (Å²) in [6.07, 6.45) is 2.26. The monoisotopic (exact) mass is 257 g/mol. The van der Waals surface area contributed by atoms with Crippen LogP contribution in [0.4, 0.5) is 0 Å². The van der Waals surface area contributed by atoms with Crippen LogP contribution in [0.5, 0.6) is 0 Å². The Labute approximate surface area is 106 Å². The first-order valence-corrected chi connectivity index (χ1v) is 6.29. The molecule has 2 atom stereocenters. The third-order valence-electron chi connectivity index (χ3n) is 3.35. The van der Waals surface area contributed by atoms with Gasteiger partial charge in [-0.05, 0) is 12.8 Å². The van der Waals surface area contributed by atoms with Gasteiger partial charge in [0.05, 0.1) is 32.8 Å². The van der Waals surface area contributed by atoms with Crippen molar-refractivity contribution in [1.82, 2.24) is 4.90 Å². The Balaban J connectivity index is 1.94. The summed E-state index contributed by atoms with van der Waals surface area (Å²) in [6, 6.07) is -0.613. The molecule has 1 amide bonds. The van der Waals surface area contributed by atoms with Gasteiger partial charge in [-0.1, -0.05) is 0 Å². The molecule has 0 radical (unpaired) electrons. The molecule has 2 unspecified atom stereocenters.